The monoisotopic (exact) mass is 333 g/mol. The average Bonchev–Trinajstić information content (AvgIpc) is 2.55. The van der Waals surface area contributed by atoms with Crippen LogP contribution in [-0.4, -0.2) is 39.0 Å². The number of aliphatic hydroxyl groups is 1. The number of rotatable bonds is 7. The van der Waals surface area contributed by atoms with Crippen LogP contribution in [0.15, 0.2) is 43.0 Å². The van der Waals surface area contributed by atoms with Crippen molar-refractivity contribution >= 4 is 17.5 Å². The highest BCUT2D eigenvalue weighted by molar-refractivity contribution is 6.30. The number of amides is 1. The van der Waals surface area contributed by atoms with Gasteiger partial charge in [-0.2, -0.15) is 0 Å². The van der Waals surface area contributed by atoms with Crippen LogP contribution >= 0.6 is 11.6 Å². The van der Waals surface area contributed by atoms with Crippen molar-refractivity contribution < 1.29 is 9.90 Å². The van der Waals surface area contributed by atoms with Crippen molar-refractivity contribution in [2.45, 2.75) is 25.9 Å². The Morgan fingerprint density at radius 2 is 2.17 bits per heavy atom. The first-order valence-electron chi connectivity index (χ1n) is 7.55. The Morgan fingerprint density at radius 1 is 1.35 bits per heavy atom. The van der Waals surface area contributed by atoms with Gasteiger partial charge in [-0.1, -0.05) is 24.6 Å². The molecule has 0 unspecified atom stereocenters. The summed E-state index contributed by atoms with van der Waals surface area (Å²) in [7, 11) is 0. The van der Waals surface area contributed by atoms with Gasteiger partial charge in [0.2, 0.25) is 5.91 Å². The topological polar surface area (TPSA) is 66.3 Å². The molecule has 0 fully saturated rings. The lowest BCUT2D eigenvalue weighted by Gasteiger charge is -2.25. The molecule has 2 aromatic heterocycles. The zero-order valence-electron chi connectivity index (χ0n) is 13.0. The minimum atomic E-state index is -0.753. The molecule has 0 saturated carbocycles. The van der Waals surface area contributed by atoms with Crippen molar-refractivity contribution in [3.05, 3.63) is 59.1 Å². The maximum atomic E-state index is 12.5. The zero-order valence-corrected chi connectivity index (χ0v) is 13.8. The van der Waals surface area contributed by atoms with E-state index in [1.165, 1.54) is 6.20 Å². The molecule has 1 amide bonds. The lowest BCUT2D eigenvalue weighted by atomic mass is 10.1. The van der Waals surface area contributed by atoms with Crippen LogP contribution in [0.2, 0.25) is 5.02 Å². The van der Waals surface area contributed by atoms with E-state index in [0.29, 0.717) is 17.1 Å². The molecular weight excluding hydrogens is 314 g/mol. The molecule has 23 heavy (non-hydrogen) atoms. The molecule has 0 aromatic carbocycles. The number of aliphatic hydroxyl groups excluding tert-OH is 1. The fourth-order valence-corrected chi connectivity index (χ4v) is 2.51. The summed E-state index contributed by atoms with van der Waals surface area (Å²) >= 11 is 5.90. The number of carbonyl (C=O) groups is 1. The van der Waals surface area contributed by atoms with Gasteiger partial charge in [-0.05, 0) is 24.1 Å². The highest BCUT2D eigenvalue weighted by atomic mass is 35.5. The highest BCUT2D eigenvalue weighted by Crippen LogP contribution is 2.15. The van der Waals surface area contributed by atoms with Crippen LogP contribution in [0.1, 0.15) is 30.6 Å². The SMILES string of the molecule is CCCN(C[C@@H](O)c1cccnc1)C(=O)Cc1cncc(Cl)c1. The van der Waals surface area contributed by atoms with E-state index in [1.54, 1.807) is 41.7 Å². The molecule has 5 nitrogen and oxygen atoms in total. The Bertz CT molecular complexity index is 637. The number of carbonyl (C=O) groups excluding carboxylic acids is 1. The van der Waals surface area contributed by atoms with Crippen molar-refractivity contribution in [3.63, 3.8) is 0 Å². The van der Waals surface area contributed by atoms with Crippen LogP contribution < -0.4 is 0 Å². The lowest BCUT2D eigenvalue weighted by Crippen LogP contribution is -2.36. The molecule has 122 valence electrons. The van der Waals surface area contributed by atoms with E-state index in [9.17, 15) is 9.90 Å². The fraction of sp³-hybridized carbons (Fsp3) is 0.353. The minimum Gasteiger partial charge on any atom is -0.386 e. The molecule has 1 N–H and O–H groups in total. The normalized spacial score (nSPS) is 12.0. The van der Waals surface area contributed by atoms with E-state index in [4.69, 9.17) is 11.6 Å². The smallest absolute Gasteiger partial charge is 0.227 e. The molecule has 2 heterocycles. The number of aromatic nitrogens is 2. The standard InChI is InChI=1S/C17H20ClN3O2/c1-2-6-21(12-16(22)14-4-3-5-19-10-14)17(23)8-13-7-15(18)11-20-9-13/h3-5,7,9-11,16,22H,2,6,8,12H2,1H3/t16-/m1/s1. The first-order chi connectivity index (χ1) is 11.1. The number of halogens is 1. The summed E-state index contributed by atoms with van der Waals surface area (Å²) in [6, 6.07) is 5.30. The third-order valence-electron chi connectivity index (χ3n) is 3.43. The number of nitrogens with zero attached hydrogens (tertiary/aromatic N) is 3. The van der Waals surface area contributed by atoms with Gasteiger partial charge in [0.15, 0.2) is 0 Å². The maximum absolute atomic E-state index is 12.5. The van der Waals surface area contributed by atoms with E-state index in [-0.39, 0.29) is 18.9 Å². The summed E-state index contributed by atoms with van der Waals surface area (Å²) in [5, 5.41) is 10.8. The summed E-state index contributed by atoms with van der Waals surface area (Å²) < 4.78 is 0. The summed E-state index contributed by atoms with van der Waals surface area (Å²) in [5.41, 5.74) is 1.46. The molecule has 6 heteroatoms. The molecule has 0 spiro atoms. The van der Waals surface area contributed by atoms with E-state index in [0.717, 1.165) is 12.0 Å². The summed E-state index contributed by atoms with van der Waals surface area (Å²) in [4.78, 5) is 22.2. The molecule has 0 bridgehead atoms. The fourth-order valence-electron chi connectivity index (χ4n) is 2.31. The van der Waals surface area contributed by atoms with Gasteiger partial charge in [-0.3, -0.25) is 14.8 Å². The van der Waals surface area contributed by atoms with Crippen LogP contribution in [-0.2, 0) is 11.2 Å². The van der Waals surface area contributed by atoms with Crippen LogP contribution in [0.4, 0.5) is 0 Å². The maximum Gasteiger partial charge on any atom is 0.227 e. The van der Waals surface area contributed by atoms with Crippen LogP contribution in [0.5, 0.6) is 0 Å². The van der Waals surface area contributed by atoms with Crippen molar-refractivity contribution in [3.8, 4) is 0 Å². The molecule has 0 aliphatic heterocycles. The second kappa shape index (κ2) is 8.60. The Kier molecular flexibility index (Phi) is 6.50. The Morgan fingerprint density at radius 3 is 2.83 bits per heavy atom. The molecule has 0 radical (unpaired) electrons. The summed E-state index contributed by atoms with van der Waals surface area (Å²) in [5.74, 6) is -0.0566. The largest absolute Gasteiger partial charge is 0.386 e. The number of pyridine rings is 2. The Labute approximate surface area is 141 Å². The quantitative estimate of drug-likeness (QED) is 0.846. The third kappa shape index (κ3) is 5.30. The molecule has 1 atom stereocenters. The van der Waals surface area contributed by atoms with Gasteiger partial charge >= 0.3 is 0 Å². The second-order valence-electron chi connectivity index (χ2n) is 5.33. The average molecular weight is 334 g/mol. The van der Waals surface area contributed by atoms with E-state index >= 15 is 0 Å². The third-order valence-corrected chi connectivity index (χ3v) is 3.63. The van der Waals surface area contributed by atoms with Gasteiger partial charge in [0.1, 0.15) is 0 Å². The molecular formula is C17H20ClN3O2. The van der Waals surface area contributed by atoms with E-state index in [1.807, 2.05) is 6.92 Å². The summed E-state index contributed by atoms with van der Waals surface area (Å²) in [6.07, 6.45) is 6.71. The van der Waals surface area contributed by atoms with Gasteiger partial charge < -0.3 is 10.0 Å². The molecule has 2 aromatic rings. The molecule has 0 aliphatic rings. The number of hydrogen-bond donors (Lipinski definition) is 1. The Balaban J connectivity index is 2.03. The van der Waals surface area contributed by atoms with Crippen LogP contribution in [0, 0.1) is 0 Å². The first-order valence-corrected chi connectivity index (χ1v) is 7.93. The van der Waals surface area contributed by atoms with Crippen molar-refractivity contribution in [2.24, 2.45) is 0 Å². The predicted octanol–water partition coefficient (Wildman–Crippen LogP) is 2.64. The van der Waals surface area contributed by atoms with Gasteiger partial charge in [-0.25, -0.2) is 0 Å². The highest BCUT2D eigenvalue weighted by Gasteiger charge is 2.18. The van der Waals surface area contributed by atoms with Crippen LogP contribution in [0.3, 0.4) is 0 Å². The van der Waals surface area contributed by atoms with Gasteiger partial charge in [0.25, 0.3) is 0 Å². The first kappa shape index (κ1) is 17.4. The van der Waals surface area contributed by atoms with Crippen molar-refractivity contribution in [1.29, 1.82) is 0 Å². The van der Waals surface area contributed by atoms with Crippen LogP contribution in [0.25, 0.3) is 0 Å². The predicted molar refractivity (Wildman–Crippen MR) is 89.0 cm³/mol. The number of hydrogen-bond acceptors (Lipinski definition) is 4. The molecule has 0 aliphatic carbocycles. The molecule has 0 saturated heterocycles. The van der Waals surface area contributed by atoms with Crippen molar-refractivity contribution in [2.75, 3.05) is 13.1 Å². The van der Waals surface area contributed by atoms with E-state index < -0.39 is 6.10 Å². The zero-order chi connectivity index (χ0) is 16.7. The van der Waals surface area contributed by atoms with Crippen molar-refractivity contribution in [1.82, 2.24) is 14.9 Å². The Hall–Kier alpha value is -1.98. The second-order valence-corrected chi connectivity index (χ2v) is 5.77. The minimum absolute atomic E-state index is 0.0566. The van der Waals surface area contributed by atoms with Gasteiger partial charge in [-0.15, -0.1) is 0 Å². The lowest BCUT2D eigenvalue weighted by molar-refractivity contribution is -0.132. The summed E-state index contributed by atoms with van der Waals surface area (Å²) in [6.45, 7) is 2.83. The van der Waals surface area contributed by atoms with E-state index in [2.05, 4.69) is 9.97 Å². The van der Waals surface area contributed by atoms with Gasteiger partial charge in [0, 0.05) is 36.9 Å². The van der Waals surface area contributed by atoms with Gasteiger partial charge in [0.05, 0.1) is 24.1 Å². The molecule has 2 rings (SSSR count).